The first-order valence-electron chi connectivity index (χ1n) is 12.1. The van der Waals surface area contributed by atoms with Gasteiger partial charge in [-0.3, -0.25) is 4.90 Å². The molecule has 1 N–H and O–H groups in total. The van der Waals surface area contributed by atoms with Crippen molar-refractivity contribution in [2.45, 2.75) is 76.2 Å². The number of hydrogen-bond donors (Lipinski definition) is 1. The topological polar surface area (TPSA) is 51.2 Å². The predicted octanol–water partition coefficient (Wildman–Crippen LogP) is 2.91. The molecular formula is C24H39NO4. The van der Waals surface area contributed by atoms with Gasteiger partial charge in [0.05, 0.1) is 17.8 Å². The van der Waals surface area contributed by atoms with Gasteiger partial charge in [-0.15, -0.1) is 0 Å². The number of hydrogen-bond acceptors (Lipinski definition) is 5. The van der Waals surface area contributed by atoms with Crippen molar-refractivity contribution in [1.82, 2.24) is 4.90 Å². The van der Waals surface area contributed by atoms with E-state index in [0.29, 0.717) is 41.9 Å². The van der Waals surface area contributed by atoms with Crippen molar-refractivity contribution in [3.05, 3.63) is 0 Å². The Morgan fingerprint density at radius 3 is 2.66 bits per heavy atom. The Morgan fingerprint density at radius 1 is 1.10 bits per heavy atom. The van der Waals surface area contributed by atoms with Crippen molar-refractivity contribution >= 4 is 0 Å². The zero-order chi connectivity index (χ0) is 20.2. The van der Waals surface area contributed by atoms with Gasteiger partial charge in [0.25, 0.3) is 0 Å². The number of likely N-dealkylation sites (tertiary alicyclic amines) is 1. The van der Waals surface area contributed by atoms with Crippen LogP contribution in [-0.2, 0) is 14.2 Å². The summed E-state index contributed by atoms with van der Waals surface area (Å²) in [5, 5.41) is 11.4. The fraction of sp³-hybridized carbons (Fsp3) is 1.00. The van der Waals surface area contributed by atoms with E-state index in [9.17, 15) is 5.11 Å². The first kappa shape index (κ1) is 19.5. The molecule has 6 fully saturated rings. The Balaban J connectivity index is 1.57. The molecule has 0 radical (unpaired) electrons. The third kappa shape index (κ3) is 2.02. The van der Waals surface area contributed by atoms with Gasteiger partial charge in [-0.2, -0.15) is 0 Å². The number of aliphatic hydroxyl groups excluding tert-OH is 1. The summed E-state index contributed by atoms with van der Waals surface area (Å²) in [7, 11) is 3.68. The summed E-state index contributed by atoms with van der Waals surface area (Å²) in [6.07, 6.45) is 7.11. The second kappa shape index (κ2) is 6.19. The number of piperidine rings is 1. The van der Waals surface area contributed by atoms with Crippen molar-refractivity contribution in [2.24, 2.45) is 40.4 Å². The van der Waals surface area contributed by atoms with E-state index >= 15 is 0 Å². The van der Waals surface area contributed by atoms with Gasteiger partial charge >= 0.3 is 0 Å². The average Bonchev–Trinajstić information content (AvgIpc) is 3.11. The fourth-order valence-electron chi connectivity index (χ4n) is 10.5. The lowest BCUT2D eigenvalue weighted by atomic mass is 9.43. The summed E-state index contributed by atoms with van der Waals surface area (Å²) in [6.45, 7) is 7.61. The van der Waals surface area contributed by atoms with Gasteiger partial charge < -0.3 is 19.3 Å². The van der Waals surface area contributed by atoms with E-state index in [1.807, 2.05) is 7.11 Å². The van der Waals surface area contributed by atoms with Crippen LogP contribution in [0.25, 0.3) is 0 Å². The zero-order valence-corrected chi connectivity index (χ0v) is 18.6. The van der Waals surface area contributed by atoms with Gasteiger partial charge in [0, 0.05) is 44.1 Å². The molecule has 0 amide bonds. The summed E-state index contributed by atoms with van der Waals surface area (Å²) in [4.78, 5) is 2.81. The van der Waals surface area contributed by atoms with Gasteiger partial charge in [-0.05, 0) is 68.2 Å². The Hall–Kier alpha value is -0.200. The first-order valence-corrected chi connectivity index (χ1v) is 12.1. The maximum atomic E-state index is 11.4. The highest BCUT2D eigenvalue weighted by molar-refractivity contribution is 5.32. The van der Waals surface area contributed by atoms with Gasteiger partial charge in [-0.25, -0.2) is 0 Å². The lowest BCUT2D eigenvalue weighted by Gasteiger charge is -2.69. The molecule has 29 heavy (non-hydrogen) atoms. The van der Waals surface area contributed by atoms with E-state index in [2.05, 4.69) is 18.7 Å². The second-order valence-corrected chi connectivity index (χ2v) is 11.5. The molecule has 5 heteroatoms. The molecule has 1 heterocycles. The molecule has 6 rings (SSSR count). The maximum absolute atomic E-state index is 11.4. The largest absolute Gasteiger partial charge is 0.392 e. The minimum absolute atomic E-state index is 0.144. The average molecular weight is 406 g/mol. The van der Waals surface area contributed by atoms with Crippen molar-refractivity contribution < 1.29 is 19.3 Å². The van der Waals surface area contributed by atoms with Gasteiger partial charge in [0.2, 0.25) is 0 Å². The molecule has 6 aliphatic rings. The number of rotatable bonds is 5. The van der Waals surface area contributed by atoms with Gasteiger partial charge in [0.15, 0.2) is 0 Å². The molecule has 4 unspecified atom stereocenters. The van der Waals surface area contributed by atoms with Crippen molar-refractivity contribution in [3.8, 4) is 0 Å². The number of methoxy groups -OCH3 is 2. The van der Waals surface area contributed by atoms with Crippen LogP contribution in [0.15, 0.2) is 0 Å². The first-order chi connectivity index (χ1) is 14.0. The summed E-state index contributed by atoms with van der Waals surface area (Å²) >= 11 is 0. The second-order valence-electron chi connectivity index (χ2n) is 11.5. The molecule has 7 bridgehead atoms. The standard InChI is InChI=1S/C24H39NO4/c1-5-25-12-22(2)8-7-18(29-13-27-3)24-15-10-14-6-9-23(28-4,19(15)20(14)26)16(21(24)25)11-17(22)24/h14-21,26H,5-13H2,1-4H3/t14-,15?,16?,17+,18-,19?,20-,21+,22-,23-,24?/m0/s1. The molecule has 1 aliphatic heterocycles. The third-order valence-electron chi connectivity index (χ3n) is 11.1. The number of fused-ring (bicyclic) bond motifs is 2. The van der Waals surface area contributed by atoms with Crippen LogP contribution in [-0.4, -0.2) is 68.0 Å². The molecule has 0 aromatic rings. The van der Waals surface area contributed by atoms with Crippen LogP contribution in [0.1, 0.15) is 52.4 Å². The minimum atomic E-state index is -0.196. The van der Waals surface area contributed by atoms with Crippen molar-refractivity contribution in [2.75, 3.05) is 34.1 Å². The lowest BCUT2D eigenvalue weighted by molar-refractivity contribution is -0.282. The molecule has 5 aliphatic carbocycles. The van der Waals surface area contributed by atoms with Gasteiger partial charge in [0.1, 0.15) is 6.79 Å². The Labute approximate surface area is 175 Å². The van der Waals surface area contributed by atoms with E-state index in [-0.39, 0.29) is 29.1 Å². The molecule has 0 aromatic carbocycles. The summed E-state index contributed by atoms with van der Waals surface area (Å²) in [6, 6.07) is 0.526. The molecule has 1 spiro atoms. The summed E-state index contributed by atoms with van der Waals surface area (Å²) < 4.78 is 18.5. The van der Waals surface area contributed by atoms with E-state index in [4.69, 9.17) is 14.2 Å². The van der Waals surface area contributed by atoms with E-state index in [1.54, 1.807) is 7.11 Å². The highest BCUT2D eigenvalue weighted by Gasteiger charge is 2.82. The van der Waals surface area contributed by atoms with E-state index < -0.39 is 0 Å². The van der Waals surface area contributed by atoms with Crippen LogP contribution >= 0.6 is 0 Å². The smallest absolute Gasteiger partial charge is 0.146 e. The predicted molar refractivity (Wildman–Crippen MR) is 109 cm³/mol. The highest BCUT2D eigenvalue weighted by Crippen LogP contribution is 2.79. The van der Waals surface area contributed by atoms with Crippen LogP contribution in [0.2, 0.25) is 0 Å². The minimum Gasteiger partial charge on any atom is -0.392 e. The van der Waals surface area contributed by atoms with Crippen molar-refractivity contribution in [3.63, 3.8) is 0 Å². The van der Waals surface area contributed by atoms with E-state index in [1.165, 1.54) is 19.4 Å². The molecule has 11 atom stereocenters. The molecule has 0 aromatic heterocycles. The Morgan fingerprint density at radius 2 is 1.93 bits per heavy atom. The monoisotopic (exact) mass is 405 g/mol. The molecule has 5 saturated carbocycles. The van der Waals surface area contributed by atoms with Gasteiger partial charge in [-0.1, -0.05) is 13.8 Å². The van der Waals surface area contributed by atoms with E-state index in [0.717, 1.165) is 32.2 Å². The van der Waals surface area contributed by atoms with Crippen LogP contribution in [0.3, 0.4) is 0 Å². The SMILES string of the molecule is CCN1C[C@]2(C)CC[C@H](OCOC)C34C5C[C@@H]6CC[C@@](OC)(C5[C@H]6O)C(C[C@@H]32)[C@@H]14. The molecule has 1 saturated heterocycles. The molecule has 164 valence electrons. The fourth-order valence-corrected chi connectivity index (χ4v) is 10.5. The van der Waals surface area contributed by atoms with Crippen LogP contribution in [0.5, 0.6) is 0 Å². The number of ether oxygens (including phenoxy) is 3. The maximum Gasteiger partial charge on any atom is 0.146 e. The normalized spacial score (nSPS) is 59.9. The number of aliphatic hydroxyl groups is 1. The van der Waals surface area contributed by atoms with Crippen LogP contribution < -0.4 is 0 Å². The quantitative estimate of drug-likeness (QED) is 0.713. The molecular weight excluding hydrogens is 366 g/mol. The summed E-state index contributed by atoms with van der Waals surface area (Å²) in [5.74, 6) is 2.44. The van der Waals surface area contributed by atoms with Crippen molar-refractivity contribution in [1.29, 1.82) is 0 Å². The third-order valence-corrected chi connectivity index (χ3v) is 11.1. The van der Waals surface area contributed by atoms with Crippen LogP contribution in [0.4, 0.5) is 0 Å². The highest BCUT2D eigenvalue weighted by atomic mass is 16.7. The zero-order valence-electron chi connectivity index (χ0n) is 18.6. The van der Waals surface area contributed by atoms with Crippen LogP contribution in [0, 0.1) is 40.4 Å². The Bertz CT molecular complexity index is 688. The molecule has 5 nitrogen and oxygen atoms in total. The lowest BCUT2D eigenvalue weighted by Crippen LogP contribution is -2.75. The Kier molecular flexibility index (Phi) is 4.16. The summed E-state index contributed by atoms with van der Waals surface area (Å²) in [5.41, 5.74) is 0.358. The number of nitrogens with zero attached hydrogens (tertiary/aromatic N) is 1.